The first kappa shape index (κ1) is 11.2. The van der Waals surface area contributed by atoms with Gasteiger partial charge in [0.2, 0.25) is 0 Å². The van der Waals surface area contributed by atoms with Crippen molar-refractivity contribution < 1.29 is 0 Å². The summed E-state index contributed by atoms with van der Waals surface area (Å²) in [6, 6.07) is 0. The van der Waals surface area contributed by atoms with Crippen molar-refractivity contribution in [2.45, 2.75) is 40.5 Å². The largest absolute Gasteiger partial charge is 0.302 e. The van der Waals surface area contributed by atoms with Crippen LogP contribution >= 0.6 is 0 Å². The van der Waals surface area contributed by atoms with Crippen LogP contribution < -0.4 is 0 Å². The van der Waals surface area contributed by atoms with E-state index in [0.717, 1.165) is 12.5 Å². The third-order valence-corrected chi connectivity index (χ3v) is 4.93. The molecule has 0 saturated heterocycles. The van der Waals surface area contributed by atoms with Crippen LogP contribution in [0.4, 0.5) is 0 Å². The quantitative estimate of drug-likeness (QED) is 0.551. The lowest BCUT2D eigenvalue weighted by atomic mass is 9.55. The molecule has 2 rings (SSSR count). The van der Waals surface area contributed by atoms with Gasteiger partial charge in [-0.1, -0.05) is 39.3 Å². The summed E-state index contributed by atoms with van der Waals surface area (Å²) in [7, 11) is 2.24. The van der Waals surface area contributed by atoms with E-state index in [1.54, 1.807) is 5.57 Å². The molecule has 1 heteroatoms. The van der Waals surface area contributed by atoms with Gasteiger partial charge in [-0.05, 0) is 31.2 Å². The third-order valence-electron chi connectivity index (χ3n) is 4.93. The van der Waals surface area contributed by atoms with E-state index in [4.69, 9.17) is 0 Å². The fourth-order valence-corrected chi connectivity index (χ4v) is 3.65. The Labute approximate surface area is 94.5 Å². The van der Waals surface area contributed by atoms with Gasteiger partial charge in [0.25, 0.3) is 0 Å². The van der Waals surface area contributed by atoms with Gasteiger partial charge in [-0.2, -0.15) is 0 Å². The molecule has 1 nitrogen and oxygen atoms in total. The highest BCUT2D eigenvalue weighted by atomic mass is 15.1. The first-order chi connectivity index (χ1) is 6.86. The van der Waals surface area contributed by atoms with Gasteiger partial charge in [0.15, 0.2) is 0 Å². The van der Waals surface area contributed by atoms with E-state index in [-0.39, 0.29) is 0 Å². The molecular weight excluding hydrogens is 182 g/mol. The maximum atomic E-state index is 2.50. The topological polar surface area (TPSA) is 3.24 Å². The van der Waals surface area contributed by atoms with Gasteiger partial charge in [-0.15, -0.1) is 0 Å². The molecule has 1 saturated carbocycles. The smallest absolute Gasteiger partial charge is 0.0163 e. The lowest BCUT2D eigenvalue weighted by Crippen LogP contribution is -2.48. The molecule has 0 aromatic heterocycles. The van der Waals surface area contributed by atoms with Crippen LogP contribution in [0.15, 0.2) is 11.6 Å². The van der Waals surface area contributed by atoms with E-state index in [1.165, 1.54) is 19.4 Å². The third kappa shape index (κ3) is 1.65. The maximum Gasteiger partial charge on any atom is 0.0163 e. The normalized spacial score (nSPS) is 40.9. The number of fused-ring (bicyclic) bond motifs is 1. The Bertz CT molecular complexity index is 290. The van der Waals surface area contributed by atoms with Crippen LogP contribution in [0.2, 0.25) is 0 Å². The molecule has 1 unspecified atom stereocenters. The highest BCUT2D eigenvalue weighted by molar-refractivity contribution is 5.27. The van der Waals surface area contributed by atoms with E-state index in [0.29, 0.717) is 10.8 Å². The van der Waals surface area contributed by atoms with Crippen LogP contribution in [0.5, 0.6) is 0 Å². The van der Waals surface area contributed by atoms with E-state index in [9.17, 15) is 0 Å². The molecule has 0 aromatic rings. The van der Waals surface area contributed by atoms with Crippen molar-refractivity contribution in [3.05, 3.63) is 11.6 Å². The Kier molecular flexibility index (Phi) is 2.50. The molecule has 1 aliphatic carbocycles. The molecule has 86 valence electrons. The van der Waals surface area contributed by atoms with Gasteiger partial charge in [0.1, 0.15) is 0 Å². The summed E-state index contributed by atoms with van der Waals surface area (Å²) in [6.45, 7) is 12.1. The summed E-state index contributed by atoms with van der Waals surface area (Å²) < 4.78 is 0. The van der Waals surface area contributed by atoms with Crippen molar-refractivity contribution in [1.82, 2.24) is 4.90 Å². The first-order valence-electron chi connectivity index (χ1n) is 6.26. The van der Waals surface area contributed by atoms with Crippen LogP contribution in [0.25, 0.3) is 0 Å². The highest BCUT2D eigenvalue weighted by Crippen LogP contribution is 2.54. The predicted molar refractivity (Wildman–Crippen MR) is 65.9 cm³/mol. The van der Waals surface area contributed by atoms with E-state index in [1.807, 2.05) is 0 Å². The molecule has 0 radical (unpaired) electrons. The van der Waals surface area contributed by atoms with Crippen molar-refractivity contribution in [1.29, 1.82) is 0 Å². The van der Waals surface area contributed by atoms with Crippen LogP contribution in [0.3, 0.4) is 0 Å². The minimum absolute atomic E-state index is 0.411. The molecule has 1 heterocycles. The second kappa shape index (κ2) is 3.35. The fourth-order valence-electron chi connectivity index (χ4n) is 3.65. The number of hydrogen-bond acceptors (Lipinski definition) is 1. The van der Waals surface area contributed by atoms with Gasteiger partial charge in [-0.25, -0.2) is 0 Å². The van der Waals surface area contributed by atoms with Gasteiger partial charge in [-0.3, -0.25) is 0 Å². The maximum absolute atomic E-state index is 2.50. The lowest BCUT2D eigenvalue weighted by Gasteiger charge is -2.53. The van der Waals surface area contributed by atoms with Crippen molar-refractivity contribution in [2.24, 2.45) is 16.7 Å². The fraction of sp³-hybridized carbons (Fsp3) is 0.857. The van der Waals surface area contributed by atoms with Crippen molar-refractivity contribution in [2.75, 3.05) is 20.1 Å². The summed E-state index contributed by atoms with van der Waals surface area (Å²) >= 11 is 0. The Morgan fingerprint density at radius 1 is 1.33 bits per heavy atom. The van der Waals surface area contributed by atoms with Crippen molar-refractivity contribution in [3.8, 4) is 0 Å². The zero-order valence-electron chi connectivity index (χ0n) is 10.9. The monoisotopic (exact) mass is 207 g/mol. The van der Waals surface area contributed by atoms with E-state index < -0.39 is 0 Å². The van der Waals surface area contributed by atoms with Crippen LogP contribution in [-0.2, 0) is 0 Å². The Morgan fingerprint density at radius 2 is 2.00 bits per heavy atom. The molecular formula is C14H25N. The second-order valence-electron chi connectivity index (χ2n) is 6.54. The zero-order valence-corrected chi connectivity index (χ0v) is 10.9. The molecule has 15 heavy (non-hydrogen) atoms. The van der Waals surface area contributed by atoms with Gasteiger partial charge in [0, 0.05) is 18.5 Å². The van der Waals surface area contributed by atoms with E-state index in [2.05, 4.69) is 45.7 Å². The van der Waals surface area contributed by atoms with E-state index >= 15 is 0 Å². The van der Waals surface area contributed by atoms with Crippen LogP contribution in [0.1, 0.15) is 40.5 Å². The molecule has 0 aromatic carbocycles. The van der Waals surface area contributed by atoms with Crippen molar-refractivity contribution >= 4 is 0 Å². The average molecular weight is 207 g/mol. The minimum atomic E-state index is 0.411. The molecule has 1 fully saturated rings. The molecule has 0 amide bonds. The number of hydrogen-bond donors (Lipinski definition) is 0. The van der Waals surface area contributed by atoms with Gasteiger partial charge >= 0.3 is 0 Å². The predicted octanol–water partition coefficient (Wildman–Crippen LogP) is 3.32. The standard InChI is InChI=1S/C14H25N/c1-11-6-8-14(4)10-15(5)9-7-12(14)13(11,2)3/h7,11H,6,8-10H2,1-5H3/t11?,14-/m1/s1. The van der Waals surface area contributed by atoms with Crippen LogP contribution in [0, 0.1) is 16.7 Å². The number of likely N-dealkylation sites (N-methyl/N-ethyl adjacent to an activating group) is 1. The molecule has 0 spiro atoms. The lowest BCUT2D eigenvalue weighted by molar-refractivity contribution is 0.0907. The summed E-state index contributed by atoms with van der Waals surface area (Å²) in [5.74, 6) is 0.834. The average Bonchev–Trinajstić information content (AvgIpc) is 2.11. The highest BCUT2D eigenvalue weighted by Gasteiger charge is 2.46. The Balaban J connectivity index is 2.38. The Morgan fingerprint density at radius 3 is 2.67 bits per heavy atom. The van der Waals surface area contributed by atoms with Gasteiger partial charge < -0.3 is 4.90 Å². The zero-order chi connectivity index (χ0) is 11.3. The SMILES string of the molecule is CC1CC[C@]2(C)CN(C)CC=C2C1(C)C. The molecule has 1 aliphatic heterocycles. The summed E-state index contributed by atoms with van der Waals surface area (Å²) in [6.07, 6.45) is 5.25. The summed E-state index contributed by atoms with van der Waals surface area (Å²) in [5.41, 5.74) is 2.59. The summed E-state index contributed by atoms with van der Waals surface area (Å²) in [4.78, 5) is 2.45. The van der Waals surface area contributed by atoms with Crippen LogP contribution in [-0.4, -0.2) is 25.0 Å². The molecule has 2 aliphatic rings. The molecule has 0 bridgehead atoms. The first-order valence-corrected chi connectivity index (χ1v) is 6.26. The van der Waals surface area contributed by atoms with Crippen molar-refractivity contribution in [3.63, 3.8) is 0 Å². The minimum Gasteiger partial charge on any atom is -0.302 e. The van der Waals surface area contributed by atoms with Gasteiger partial charge in [0.05, 0.1) is 0 Å². The number of rotatable bonds is 0. The molecule has 2 atom stereocenters. The number of nitrogens with zero attached hydrogens (tertiary/aromatic N) is 1. The Hall–Kier alpha value is -0.300. The molecule has 0 N–H and O–H groups in total. The summed E-state index contributed by atoms with van der Waals surface area (Å²) in [5, 5.41) is 0. The second-order valence-corrected chi connectivity index (χ2v) is 6.54.